The zero-order chi connectivity index (χ0) is 19.4. The van der Waals surface area contributed by atoms with E-state index in [1.807, 2.05) is 36.9 Å². The number of hydrogen-bond donors (Lipinski definition) is 0. The monoisotopic (exact) mass is 372 g/mol. The molecule has 0 N–H and O–H groups in total. The second-order valence-electron chi connectivity index (χ2n) is 8.71. The number of aromatic nitrogens is 1. The number of amides is 1. The number of aryl methyl sites for hydroxylation is 1. The Labute approximate surface area is 164 Å². The molecule has 2 heterocycles. The Morgan fingerprint density at radius 1 is 1.22 bits per heavy atom. The Morgan fingerprint density at radius 2 is 1.93 bits per heavy atom. The largest absolute Gasteiger partial charge is 0.301 e. The minimum Gasteiger partial charge on any atom is -0.301 e. The highest BCUT2D eigenvalue weighted by Crippen LogP contribution is 2.43. The molecule has 1 aromatic heterocycles. The number of piperazine rings is 1. The van der Waals surface area contributed by atoms with Gasteiger partial charge in [-0.05, 0) is 50.8 Å². The molecule has 5 nitrogen and oxygen atoms in total. The molecule has 0 radical (unpaired) electrons. The SMILES string of the molecule is CCC(=O)N(CC1(N2CCN(CCC(C)C)CC2)CC1)c1cccc(C)n1. The first kappa shape index (κ1) is 20.3. The van der Waals surface area contributed by atoms with E-state index in [2.05, 4.69) is 28.6 Å². The van der Waals surface area contributed by atoms with Crippen LogP contribution in [0.25, 0.3) is 0 Å². The average Bonchev–Trinajstić information content (AvgIpc) is 3.45. The lowest BCUT2D eigenvalue weighted by Gasteiger charge is -2.41. The number of anilines is 1. The van der Waals surface area contributed by atoms with Crippen LogP contribution in [0.5, 0.6) is 0 Å². The van der Waals surface area contributed by atoms with Gasteiger partial charge in [0.05, 0.1) is 0 Å². The summed E-state index contributed by atoms with van der Waals surface area (Å²) in [4.78, 5) is 24.5. The Morgan fingerprint density at radius 3 is 2.48 bits per heavy atom. The maximum absolute atomic E-state index is 12.7. The molecule has 0 bridgehead atoms. The van der Waals surface area contributed by atoms with Crippen molar-refractivity contribution in [2.45, 2.75) is 58.9 Å². The number of carbonyl (C=O) groups excluding carboxylic acids is 1. The fourth-order valence-corrected chi connectivity index (χ4v) is 4.07. The molecular weight excluding hydrogens is 336 g/mol. The third-order valence-corrected chi connectivity index (χ3v) is 6.10. The highest BCUT2D eigenvalue weighted by molar-refractivity contribution is 5.92. The van der Waals surface area contributed by atoms with Gasteiger partial charge in [-0.3, -0.25) is 14.6 Å². The topological polar surface area (TPSA) is 39.7 Å². The van der Waals surface area contributed by atoms with Crippen LogP contribution in [0.2, 0.25) is 0 Å². The van der Waals surface area contributed by atoms with Crippen molar-refractivity contribution in [3.8, 4) is 0 Å². The van der Waals surface area contributed by atoms with Crippen LogP contribution in [0.15, 0.2) is 18.2 Å². The molecule has 3 rings (SSSR count). The summed E-state index contributed by atoms with van der Waals surface area (Å²) in [6, 6.07) is 5.96. The van der Waals surface area contributed by atoms with Gasteiger partial charge in [-0.2, -0.15) is 0 Å². The van der Waals surface area contributed by atoms with Gasteiger partial charge in [0.2, 0.25) is 5.91 Å². The van der Waals surface area contributed by atoms with Crippen molar-refractivity contribution < 1.29 is 4.79 Å². The number of nitrogens with zero attached hydrogens (tertiary/aromatic N) is 4. The standard InChI is InChI=1S/C22H36N4O/c1-5-21(27)26(20-8-6-7-19(4)23-20)17-22(10-11-22)25-15-13-24(14-16-25)12-9-18(2)3/h6-8,18H,5,9-17H2,1-4H3. The Balaban J connectivity index is 1.63. The molecule has 1 amide bonds. The molecule has 1 saturated heterocycles. The van der Waals surface area contributed by atoms with Crippen LogP contribution < -0.4 is 4.90 Å². The van der Waals surface area contributed by atoms with E-state index in [1.54, 1.807) is 0 Å². The summed E-state index contributed by atoms with van der Waals surface area (Å²) in [5.41, 5.74) is 1.13. The Bertz CT molecular complexity index is 633. The lowest BCUT2D eigenvalue weighted by Crippen LogP contribution is -2.55. The van der Waals surface area contributed by atoms with Crippen molar-refractivity contribution in [2.24, 2.45) is 5.92 Å². The maximum atomic E-state index is 12.7. The summed E-state index contributed by atoms with van der Waals surface area (Å²) >= 11 is 0. The van der Waals surface area contributed by atoms with Gasteiger partial charge in [0.25, 0.3) is 0 Å². The van der Waals surface area contributed by atoms with Gasteiger partial charge in [-0.25, -0.2) is 4.98 Å². The second-order valence-corrected chi connectivity index (χ2v) is 8.71. The minimum absolute atomic E-state index is 0.167. The van der Waals surface area contributed by atoms with Crippen molar-refractivity contribution in [2.75, 3.05) is 44.2 Å². The quantitative estimate of drug-likeness (QED) is 0.702. The molecule has 150 valence electrons. The first-order chi connectivity index (χ1) is 12.9. The van der Waals surface area contributed by atoms with Crippen LogP contribution in [0, 0.1) is 12.8 Å². The normalized spacial score (nSPS) is 20.0. The van der Waals surface area contributed by atoms with E-state index < -0.39 is 0 Å². The van der Waals surface area contributed by atoms with E-state index in [9.17, 15) is 4.79 Å². The van der Waals surface area contributed by atoms with Gasteiger partial charge in [-0.1, -0.05) is 26.8 Å². The van der Waals surface area contributed by atoms with Crippen LogP contribution in [0.4, 0.5) is 5.82 Å². The summed E-state index contributed by atoms with van der Waals surface area (Å²) in [5.74, 6) is 1.76. The van der Waals surface area contributed by atoms with Crippen LogP contribution in [-0.2, 0) is 4.79 Å². The van der Waals surface area contributed by atoms with Crippen LogP contribution in [0.3, 0.4) is 0 Å². The van der Waals surface area contributed by atoms with Crippen molar-refractivity contribution in [1.82, 2.24) is 14.8 Å². The lowest BCUT2D eigenvalue weighted by molar-refractivity contribution is -0.118. The number of hydrogen-bond acceptors (Lipinski definition) is 4. The molecule has 5 heteroatoms. The molecule has 0 spiro atoms. The lowest BCUT2D eigenvalue weighted by atomic mass is 10.1. The van der Waals surface area contributed by atoms with Gasteiger partial charge in [0.15, 0.2) is 0 Å². The van der Waals surface area contributed by atoms with Gasteiger partial charge in [0, 0.05) is 50.4 Å². The molecule has 27 heavy (non-hydrogen) atoms. The highest BCUT2D eigenvalue weighted by atomic mass is 16.2. The molecule has 2 aliphatic rings. The molecule has 1 aliphatic carbocycles. The van der Waals surface area contributed by atoms with Crippen molar-refractivity contribution in [1.29, 1.82) is 0 Å². The van der Waals surface area contributed by atoms with E-state index >= 15 is 0 Å². The number of rotatable bonds is 8. The third-order valence-electron chi connectivity index (χ3n) is 6.10. The molecule has 1 aliphatic heterocycles. The first-order valence-corrected chi connectivity index (χ1v) is 10.6. The second kappa shape index (κ2) is 8.70. The van der Waals surface area contributed by atoms with E-state index in [0.29, 0.717) is 6.42 Å². The Hall–Kier alpha value is -1.46. The highest BCUT2D eigenvalue weighted by Gasteiger charge is 2.50. The molecular formula is C22H36N4O. The van der Waals surface area contributed by atoms with Gasteiger partial charge in [0.1, 0.15) is 5.82 Å². The summed E-state index contributed by atoms with van der Waals surface area (Å²) < 4.78 is 0. The predicted octanol–water partition coefficient (Wildman–Crippen LogP) is 3.33. The van der Waals surface area contributed by atoms with Crippen LogP contribution >= 0.6 is 0 Å². The average molecular weight is 373 g/mol. The fourth-order valence-electron chi connectivity index (χ4n) is 4.07. The van der Waals surface area contributed by atoms with Crippen molar-refractivity contribution in [3.63, 3.8) is 0 Å². The number of carbonyl (C=O) groups is 1. The van der Waals surface area contributed by atoms with Gasteiger partial charge >= 0.3 is 0 Å². The molecule has 2 fully saturated rings. The first-order valence-electron chi connectivity index (χ1n) is 10.6. The van der Waals surface area contributed by atoms with Crippen LogP contribution in [-0.4, -0.2) is 65.5 Å². The minimum atomic E-state index is 0.167. The molecule has 1 saturated carbocycles. The van der Waals surface area contributed by atoms with Crippen molar-refractivity contribution >= 4 is 11.7 Å². The maximum Gasteiger partial charge on any atom is 0.227 e. The summed E-state index contributed by atoms with van der Waals surface area (Å²) in [7, 11) is 0. The van der Waals surface area contributed by atoms with Gasteiger partial charge < -0.3 is 4.90 Å². The molecule has 0 unspecified atom stereocenters. The van der Waals surface area contributed by atoms with E-state index in [0.717, 1.165) is 50.2 Å². The van der Waals surface area contributed by atoms with Crippen molar-refractivity contribution in [3.05, 3.63) is 23.9 Å². The fraction of sp³-hybridized carbons (Fsp3) is 0.727. The summed E-state index contributed by atoms with van der Waals surface area (Å²) in [5, 5.41) is 0. The van der Waals surface area contributed by atoms with Gasteiger partial charge in [-0.15, -0.1) is 0 Å². The summed E-state index contributed by atoms with van der Waals surface area (Å²) in [6.07, 6.45) is 4.19. The molecule has 1 aromatic rings. The Kier molecular flexibility index (Phi) is 6.53. The summed E-state index contributed by atoms with van der Waals surface area (Å²) in [6.45, 7) is 15.1. The predicted molar refractivity (Wildman–Crippen MR) is 111 cm³/mol. The van der Waals surface area contributed by atoms with E-state index in [1.165, 1.54) is 25.8 Å². The zero-order valence-electron chi connectivity index (χ0n) is 17.6. The van der Waals surface area contributed by atoms with E-state index in [4.69, 9.17) is 0 Å². The zero-order valence-corrected chi connectivity index (χ0v) is 17.6. The number of pyridine rings is 1. The van der Waals surface area contributed by atoms with Crippen LogP contribution in [0.1, 0.15) is 52.1 Å². The van der Waals surface area contributed by atoms with E-state index in [-0.39, 0.29) is 11.4 Å². The third kappa shape index (κ3) is 5.08. The molecule has 0 atom stereocenters. The smallest absolute Gasteiger partial charge is 0.227 e. The molecule has 0 aromatic carbocycles.